The molecule has 1 aliphatic rings. The van der Waals surface area contributed by atoms with Gasteiger partial charge in [0.1, 0.15) is 12.4 Å². The Hall–Kier alpha value is -1.81. The van der Waals surface area contributed by atoms with E-state index < -0.39 is 0 Å². The van der Waals surface area contributed by atoms with Gasteiger partial charge in [-0.05, 0) is 24.0 Å². The summed E-state index contributed by atoms with van der Waals surface area (Å²) in [6.07, 6.45) is 2.57. The average molecular weight is 289 g/mol. The molecule has 0 aliphatic carbocycles. The summed E-state index contributed by atoms with van der Waals surface area (Å²) in [5.74, 6) is 0.621. The number of benzene rings is 1. The van der Waals surface area contributed by atoms with Gasteiger partial charge in [-0.25, -0.2) is 0 Å². The Morgan fingerprint density at radius 3 is 2.76 bits per heavy atom. The number of carbonyl (C=O) groups excluding carboxylic acids is 1. The molecular formula is C17H23NO3. The van der Waals surface area contributed by atoms with Crippen molar-refractivity contribution in [1.82, 2.24) is 5.32 Å². The summed E-state index contributed by atoms with van der Waals surface area (Å²) < 4.78 is 5.58. The van der Waals surface area contributed by atoms with Crippen molar-refractivity contribution >= 4 is 12.0 Å². The highest BCUT2D eigenvalue weighted by Gasteiger charge is 2.23. The fraction of sp³-hybridized carbons (Fsp3) is 0.471. The maximum absolute atomic E-state index is 12.3. The van der Waals surface area contributed by atoms with Gasteiger partial charge in [0, 0.05) is 5.56 Å². The highest BCUT2D eigenvalue weighted by atomic mass is 16.5. The molecule has 0 radical (unpaired) electrons. The van der Waals surface area contributed by atoms with Gasteiger partial charge in [-0.1, -0.05) is 39.0 Å². The number of hydrogen-bond acceptors (Lipinski definition) is 3. The Morgan fingerprint density at radius 2 is 2.10 bits per heavy atom. The van der Waals surface area contributed by atoms with E-state index in [4.69, 9.17) is 4.74 Å². The summed E-state index contributed by atoms with van der Waals surface area (Å²) in [5.41, 5.74) is 1.54. The lowest BCUT2D eigenvalue weighted by Crippen LogP contribution is -2.41. The monoisotopic (exact) mass is 289 g/mol. The first-order valence-electron chi connectivity index (χ1n) is 7.23. The molecule has 0 spiro atoms. The highest BCUT2D eigenvalue weighted by Crippen LogP contribution is 2.26. The molecule has 0 saturated carbocycles. The quantitative estimate of drug-likeness (QED) is 0.894. The molecule has 0 bridgehead atoms. The first-order valence-corrected chi connectivity index (χ1v) is 7.23. The molecule has 1 aromatic rings. The Balaban J connectivity index is 2.06. The summed E-state index contributed by atoms with van der Waals surface area (Å²) in [4.78, 5) is 12.3. The van der Waals surface area contributed by atoms with Crippen LogP contribution >= 0.6 is 0 Å². The molecule has 1 heterocycles. The fourth-order valence-corrected chi connectivity index (χ4v) is 2.43. The second-order valence-corrected chi connectivity index (χ2v) is 6.61. The minimum atomic E-state index is -0.240. The Morgan fingerprint density at radius 1 is 1.38 bits per heavy atom. The van der Waals surface area contributed by atoms with Gasteiger partial charge in [0.25, 0.3) is 5.91 Å². The molecule has 0 fully saturated rings. The summed E-state index contributed by atoms with van der Waals surface area (Å²) in [5, 5.41) is 12.3. The van der Waals surface area contributed by atoms with Gasteiger partial charge in [0.15, 0.2) is 0 Å². The van der Waals surface area contributed by atoms with E-state index in [1.165, 1.54) is 0 Å². The largest absolute Gasteiger partial charge is 0.488 e. The molecule has 1 aliphatic heterocycles. The van der Waals surface area contributed by atoms with Gasteiger partial charge in [-0.3, -0.25) is 4.79 Å². The van der Waals surface area contributed by atoms with Gasteiger partial charge < -0.3 is 15.2 Å². The van der Waals surface area contributed by atoms with Crippen molar-refractivity contribution in [3.8, 4) is 5.75 Å². The van der Waals surface area contributed by atoms with E-state index in [0.29, 0.717) is 5.57 Å². The van der Waals surface area contributed by atoms with Crippen molar-refractivity contribution in [2.45, 2.75) is 33.2 Å². The molecule has 4 nitrogen and oxygen atoms in total. The van der Waals surface area contributed by atoms with E-state index >= 15 is 0 Å². The average Bonchev–Trinajstić information content (AvgIpc) is 2.44. The topological polar surface area (TPSA) is 58.6 Å². The van der Waals surface area contributed by atoms with E-state index in [0.717, 1.165) is 17.7 Å². The standard InChI is InChI=1S/C17H23NO3/c1-17(2,3)9-14(10-19)18-16(20)13-8-12-6-4-5-7-15(12)21-11-13/h4-8,14,19H,9-11H2,1-3H3,(H,18,20). The fourth-order valence-electron chi connectivity index (χ4n) is 2.43. The molecule has 1 atom stereocenters. The molecule has 1 unspecified atom stereocenters. The predicted octanol–water partition coefficient (Wildman–Crippen LogP) is 2.38. The summed E-state index contributed by atoms with van der Waals surface area (Å²) >= 11 is 0. The summed E-state index contributed by atoms with van der Waals surface area (Å²) in [6, 6.07) is 7.38. The molecule has 0 saturated heterocycles. The maximum atomic E-state index is 12.3. The number of para-hydroxylation sites is 1. The first kappa shape index (κ1) is 15.6. The minimum absolute atomic E-state index is 0.0464. The summed E-state index contributed by atoms with van der Waals surface area (Å²) in [6.45, 7) is 6.45. The number of nitrogens with one attached hydrogen (secondary N) is 1. The second-order valence-electron chi connectivity index (χ2n) is 6.61. The highest BCUT2D eigenvalue weighted by molar-refractivity contribution is 5.99. The van der Waals surface area contributed by atoms with Crippen molar-refractivity contribution in [3.63, 3.8) is 0 Å². The molecular weight excluding hydrogens is 266 g/mol. The maximum Gasteiger partial charge on any atom is 0.250 e. The van der Waals surface area contributed by atoms with Crippen molar-refractivity contribution in [1.29, 1.82) is 0 Å². The third kappa shape index (κ3) is 4.33. The van der Waals surface area contributed by atoms with Crippen LogP contribution in [0.15, 0.2) is 29.8 Å². The number of aliphatic hydroxyl groups excluding tert-OH is 1. The van der Waals surface area contributed by atoms with Crippen molar-refractivity contribution in [3.05, 3.63) is 35.4 Å². The lowest BCUT2D eigenvalue weighted by molar-refractivity contribution is -0.119. The van der Waals surface area contributed by atoms with E-state index in [1.54, 1.807) is 0 Å². The van der Waals surface area contributed by atoms with Crippen LogP contribution in [0.5, 0.6) is 5.75 Å². The SMILES string of the molecule is CC(C)(C)CC(CO)NC(=O)C1=Cc2ccccc2OC1. The van der Waals surface area contributed by atoms with Gasteiger partial charge in [0.2, 0.25) is 0 Å². The van der Waals surface area contributed by atoms with Gasteiger partial charge in [-0.2, -0.15) is 0 Å². The van der Waals surface area contributed by atoms with Crippen LogP contribution in [0.3, 0.4) is 0 Å². The molecule has 21 heavy (non-hydrogen) atoms. The zero-order valence-electron chi connectivity index (χ0n) is 12.8. The normalized spacial score (nSPS) is 15.5. The van der Waals surface area contributed by atoms with Crippen molar-refractivity contribution < 1.29 is 14.6 Å². The number of ether oxygens (including phenoxy) is 1. The Labute approximate surface area is 125 Å². The van der Waals surface area contributed by atoms with Crippen molar-refractivity contribution in [2.24, 2.45) is 5.41 Å². The van der Waals surface area contributed by atoms with Crippen LogP contribution in [0.2, 0.25) is 0 Å². The number of carbonyl (C=O) groups is 1. The molecule has 1 amide bonds. The van der Waals surface area contributed by atoms with Gasteiger partial charge in [-0.15, -0.1) is 0 Å². The lowest BCUT2D eigenvalue weighted by Gasteiger charge is -2.26. The third-order valence-corrected chi connectivity index (χ3v) is 3.34. The molecule has 2 N–H and O–H groups in total. The molecule has 1 aromatic carbocycles. The van der Waals surface area contributed by atoms with E-state index in [2.05, 4.69) is 26.1 Å². The van der Waals surface area contributed by atoms with E-state index in [1.807, 2.05) is 30.3 Å². The van der Waals surface area contributed by atoms with Crippen LogP contribution in [0, 0.1) is 5.41 Å². The number of amides is 1. The smallest absolute Gasteiger partial charge is 0.250 e. The third-order valence-electron chi connectivity index (χ3n) is 3.34. The zero-order valence-corrected chi connectivity index (χ0v) is 12.8. The van der Waals surface area contributed by atoms with Crippen LogP contribution in [0.25, 0.3) is 6.08 Å². The van der Waals surface area contributed by atoms with Crippen LogP contribution in [0.4, 0.5) is 0 Å². The predicted molar refractivity (Wildman–Crippen MR) is 83.0 cm³/mol. The lowest BCUT2D eigenvalue weighted by atomic mass is 9.88. The number of rotatable bonds is 4. The molecule has 2 rings (SSSR count). The van der Waals surface area contributed by atoms with Gasteiger partial charge >= 0.3 is 0 Å². The van der Waals surface area contributed by atoms with E-state index in [9.17, 15) is 9.90 Å². The van der Waals surface area contributed by atoms with Crippen LogP contribution < -0.4 is 10.1 Å². The number of hydrogen-bond donors (Lipinski definition) is 2. The van der Waals surface area contributed by atoms with Crippen LogP contribution in [-0.4, -0.2) is 30.3 Å². The molecule has 4 heteroatoms. The Kier molecular flexibility index (Phi) is 4.68. The molecule has 0 aromatic heterocycles. The van der Waals surface area contributed by atoms with Crippen LogP contribution in [-0.2, 0) is 4.79 Å². The number of fused-ring (bicyclic) bond motifs is 1. The summed E-state index contributed by atoms with van der Waals surface area (Å²) in [7, 11) is 0. The minimum Gasteiger partial charge on any atom is -0.488 e. The second kappa shape index (κ2) is 6.31. The first-order chi connectivity index (χ1) is 9.89. The van der Waals surface area contributed by atoms with E-state index in [-0.39, 0.29) is 30.6 Å². The van der Waals surface area contributed by atoms with Crippen molar-refractivity contribution in [2.75, 3.05) is 13.2 Å². The zero-order chi connectivity index (χ0) is 15.5. The van der Waals surface area contributed by atoms with Crippen LogP contribution in [0.1, 0.15) is 32.8 Å². The Bertz CT molecular complexity index is 543. The van der Waals surface area contributed by atoms with Gasteiger partial charge in [0.05, 0.1) is 18.2 Å². The number of aliphatic hydroxyl groups is 1. The molecule has 114 valence electrons.